The molecule has 0 aromatic heterocycles. The molecule has 1 fully saturated rings. The third-order valence-electron chi connectivity index (χ3n) is 4.06. The van der Waals surface area contributed by atoms with Gasteiger partial charge in [0.2, 0.25) is 0 Å². The molecule has 0 aliphatic carbocycles. The Kier molecular flexibility index (Phi) is 3.65. The molecule has 4 nitrogen and oxygen atoms in total. The summed E-state index contributed by atoms with van der Waals surface area (Å²) in [4.78, 5) is 13.2. The topological polar surface area (TPSA) is 32.8 Å². The summed E-state index contributed by atoms with van der Waals surface area (Å²) < 4.78 is 4.91. The van der Waals surface area contributed by atoms with Gasteiger partial charge in [0.25, 0.3) is 0 Å². The Hall–Kier alpha value is -1.20. The average Bonchev–Trinajstić information content (AvgIpc) is 2.72. The third-order valence-corrected chi connectivity index (χ3v) is 5.18. The van der Waals surface area contributed by atoms with E-state index in [-0.39, 0.29) is 11.9 Å². The highest BCUT2D eigenvalue weighted by Crippen LogP contribution is 2.48. The first kappa shape index (κ1) is 13.8. The molecule has 0 bridgehead atoms. The van der Waals surface area contributed by atoms with Crippen molar-refractivity contribution < 1.29 is 9.53 Å². The number of carbonyl (C=O) groups excluding carboxylic acids is 1. The van der Waals surface area contributed by atoms with Gasteiger partial charge in [-0.05, 0) is 31.9 Å². The van der Waals surface area contributed by atoms with Crippen LogP contribution in [-0.2, 0) is 9.53 Å². The zero-order valence-corrected chi connectivity index (χ0v) is 12.9. The van der Waals surface area contributed by atoms with Gasteiger partial charge in [-0.2, -0.15) is 0 Å². The van der Waals surface area contributed by atoms with E-state index in [4.69, 9.17) is 4.74 Å². The van der Waals surface area contributed by atoms with Crippen molar-refractivity contribution in [1.29, 1.82) is 0 Å². The molecule has 1 aromatic rings. The van der Waals surface area contributed by atoms with Crippen molar-refractivity contribution in [1.82, 2.24) is 5.01 Å². The van der Waals surface area contributed by atoms with Crippen LogP contribution in [0.15, 0.2) is 23.1 Å². The summed E-state index contributed by atoms with van der Waals surface area (Å²) in [5.74, 6) is -0.406. The number of esters is 1. The maximum absolute atomic E-state index is 11.9. The average molecular weight is 292 g/mol. The minimum absolute atomic E-state index is 0.175. The number of thioether (sulfide) groups is 1. The second-order valence-electron chi connectivity index (χ2n) is 5.31. The second-order valence-corrected chi connectivity index (χ2v) is 6.67. The van der Waals surface area contributed by atoms with Crippen LogP contribution in [-0.4, -0.2) is 36.6 Å². The van der Waals surface area contributed by atoms with Crippen LogP contribution in [0, 0.1) is 0 Å². The van der Waals surface area contributed by atoms with Gasteiger partial charge in [0.05, 0.1) is 24.1 Å². The van der Waals surface area contributed by atoms with E-state index in [1.165, 1.54) is 24.1 Å². The molecule has 2 unspecified atom stereocenters. The van der Waals surface area contributed by atoms with Gasteiger partial charge in [-0.1, -0.05) is 23.9 Å². The van der Waals surface area contributed by atoms with Gasteiger partial charge < -0.3 is 4.74 Å². The minimum atomic E-state index is -0.232. The van der Waals surface area contributed by atoms with E-state index in [1.54, 1.807) is 0 Å². The summed E-state index contributed by atoms with van der Waals surface area (Å²) in [6.45, 7) is 6.34. The Morgan fingerprint density at radius 2 is 2.20 bits per heavy atom. The van der Waals surface area contributed by atoms with E-state index in [1.807, 2.05) is 30.8 Å². The summed E-state index contributed by atoms with van der Waals surface area (Å²) in [5.41, 5.74) is 2.26. The number of hydrogen-bond acceptors (Lipinski definition) is 5. The van der Waals surface area contributed by atoms with Gasteiger partial charge in [-0.3, -0.25) is 9.80 Å². The number of benzene rings is 1. The van der Waals surface area contributed by atoms with Crippen LogP contribution < -0.4 is 5.01 Å². The first-order chi connectivity index (χ1) is 9.63. The Balaban J connectivity index is 2.01. The summed E-state index contributed by atoms with van der Waals surface area (Å²) in [7, 11) is 1.45. The Morgan fingerprint density at radius 1 is 1.45 bits per heavy atom. The number of hydrogen-bond donors (Lipinski definition) is 0. The van der Waals surface area contributed by atoms with Gasteiger partial charge in [0.1, 0.15) is 0 Å². The fraction of sp³-hybridized carbons (Fsp3) is 0.533. The van der Waals surface area contributed by atoms with Crippen molar-refractivity contribution in [3.63, 3.8) is 0 Å². The van der Waals surface area contributed by atoms with Crippen LogP contribution in [0.3, 0.4) is 0 Å². The molecule has 1 saturated heterocycles. The van der Waals surface area contributed by atoms with Crippen LogP contribution in [0.25, 0.3) is 0 Å². The van der Waals surface area contributed by atoms with Crippen molar-refractivity contribution in [3.8, 4) is 0 Å². The lowest BCUT2D eigenvalue weighted by Crippen LogP contribution is -2.52. The minimum Gasteiger partial charge on any atom is -0.469 e. The standard InChI is InChI=1S/C15H20N2O2S/c1-10(15(18)19-3)12-6-4-7-13-14(12)17(11(2)20-13)16-8-5-9-16/h4,6-7,10-11H,5,8-9H2,1-3H3. The van der Waals surface area contributed by atoms with Gasteiger partial charge >= 0.3 is 5.97 Å². The number of ether oxygens (including phenoxy) is 1. The highest BCUT2D eigenvalue weighted by Gasteiger charge is 2.37. The van der Waals surface area contributed by atoms with Gasteiger partial charge in [0, 0.05) is 18.0 Å². The number of fused-ring (bicyclic) bond motifs is 1. The van der Waals surface area contributed by atoms with Gasteiger partial charge in [-0.15, -0.1) is 0 Å². The van der Waals surface area contributed by atoms with Crippen LogP contribution in [0.1, 0.15) is 31.7 Å². The number of methoxy groups -OCH3 is 1. The number of nitrogens with zero attached hydrogens (tertiary/aromatic N) is 2. The highest BCUT2D eigenvalue weighted by molar-refractivity contribution is 8.00. The molecule has 1 aromatic carbocycles. The summed E-state index contributed by atoms with van der Waals surface area (Å²) in [6, 6.07) is 6.22. The molecule has 108 valence electrons. The molecule has 0 saturated carbocycles. The van der Waals surface area contributed by atoms with E-state index >= 15 is 0 Å². The molecule has 0 N–H and O–H groups in total. The van der Waals surface area contributed by atoms with E-state index in [0.29, 0.717) is 5.37 Å². The predicted octanol–water partition coefficient (Wildman–Crippen LogP) is 2.84. The van der Waals surface area contributed by atoms with Crippen molar-refractivity contribution in [2.24, 2.45) is 0 Å². The van der Waals surface area contributed by atoms with Crippen molar-refractivity contribution in [2.75, 3.05) is 25.2 Å². The van der Waals surface area contributed by atoms with E-state index in [2.05, 4.69) is 23.0 Å². The molecular formula is C15H20N2O2S. The van der Waals surface area contributed by atoms with Crippen molar-refractivity contribution in [2.45, 2.75) is 36.5 Å². The quantitative estimate of drug-likeness (QED) is 0.800. The molecule has 5 heteroatoms. The summed E-state index contributed by atoms with van der Waals surface area (Å²) in [5, 5.41) is 5.12. The maximum atomic E-state index is 11.9. The van der Waals surface area contributed by atoms with Crippen LogP contribution >= 0.6 is 11.8 Å². The SMILES string of the molecule is COC(=O)C(C)c1cccc2c1N(N1CCC1)C(C)S2. The number of para-hydroxylation sites is 1. The monoisotopic (exact) mass is 292 g/mol. The molecule has 2 atom stereocenters. The summed E-state index contributed by atoms with van der Waals surface area (Å²) >= 11 is 1.86. The van der Waals surface area contributed by atoms with Crippen molar-refractivity contribution in [3.05, 3.63) is 23.8 Å². The van der Waals surface area contributed by atoms with E-state index in [9.17, 15) is 4.79 Å². The zero-order valence-electron chi connectivity index (χ0n) is 12.1. The largest absolute Gasteiger partial charge is 0.469 e. The molecule has 2 aliphatic heterocycles. The van der Waals surface area contributed by atoms with Crippen molar-refractivity contribution >= 4 is 23.4 Å². The Labute approximate surface area is 124 Å². The molecule has 3 rings (SSSR count). The lowest BCUT2D eigenvalue weighted by Gasteiger charge is -2.43. The molecule has 2 heterocycles. The third kappa shape index (κ3) is 2.09. The first-order valence-electron chi connectivity index (χ1n) is 7.05. The number of rotatable bonds is 3. The summed E-state index contributed by atoms with van der Waals surface area (Å²) in [6.07, 6.45) is 1.25. The zero-order chi connectivity index (χ0) is 14.3. The van der Waals surface area contributed by atoms with Gasteiger partial charge in [-0.25, -0.2) is 5.01 Å². The Morgan fingerprint density at radius 3 is 2.80 bits per heavy atom. The predicted molar refractivity (Wildman–Crippen MR) is 80.9 cm³/mol. The second kappa shape index (κ2) is 5.30. The smallest absolute Gasteiger partial charge is 0.312 e. The fourth-order valence-corrected chi connectivity index (χ4v) is 4.02. The normalized spacial score (nSPS) is 23.1. The highest BCUT2D eigenvalue weighted by atomic mass is 32.2. The molecule has 2 aliphatic rings. The number of hydrazine groups is 1. The molecule has 0 spiro atoms. The van der Waals surface area contributed by atoms with Crippen LogP contribution in [0.2, 0.25) is 0 Å². The van der Waals surface area contributed by atoms with E-state index < -0.39 is 0 Å². The molecule has 0 radical (unpaired) electrons. The van der Waals surface area contributed by atoms with Crippen LogP contribution in [0.5, 0.6) is 0 Å². The Bertz CT molecular complexity index is 529. The van der Waals surface area contributed by atoms with Gasteiger partial charge in [0.15, 0.2) is 0 Å². The lowest BCUT2D eigenvalue weighted by molar-refractivity contribution is -0.141. The number of anilines is 1. The fourth-order valence-electron chi connectivity index (χ4n) is 2.83. The molecular weight excluding hydrogens is 272 g/mol. The maximum Gasteiger partial charge on any atom is 0.312 e. The molecule has 20 heavy (non-hydrogen) atoms. The van der Waals surface area contributed by atoms with E-state index in [0.717, 1.165) is 18.7 Å². The first-order valence-corrected chi connectivity index (χ1v) is 7.93. The number of carbonyl (C=O) groups is 1. The molecule has 0 amide bonds. The van der Waals surface area contributed by atoms with Crippen LogP contribution in [0.4, 0.5) is 5.69 Å². The lowest BCUT2D eigenvalue weighted by atomic mass is 9.99.